The Morgan fingerprint density at radius 1 is 1.07 bits per heavy atom. The van der Waals surface area contributed by atoms with Crippen LogP contribution in [0.5, 0.6) is 0 Å². The molecule has 0 spiro atoms. The predicted molar refractivity (Wildman–Crippen MR) is 110 cm³/mol. The van der Waals surface area contributed by atoms with E-state index in [0.29, 0.717) is 12.1 Å². The second kappa shape index (κ2) is 7.20. The van der Waals surface area contributed by atoms with Gasteiger partial charge in [0.05, 0.1) is 0 Å². The fourth-order valence-electron chi connectivity index (χ4n) is 4.06. The van der Waals surface area contributed by atoms with E-state index in [0.717, 1.165) is 47.9 Å². The highest BCUT2D eigenvalue weighted by atomic mass is 16.3. The molecule has 146 valence electrons. The van der Waals surface area contributed by atoms with Crippen LogP contribution in [0.2, 0.25) is 0 Å². The number of carbonyl (C=O) groups excluding carboxylic acids is 1. The minimum Gasteiger partial charge on any atom is -0.461 e. The molecule has 4 heterocycles. The molecule has 0 radical (unpaired) electrons. The van der Waals surface area contributed by atoms with E-state index in [1.807, 2.05) is 77.0 Å². The summed E-state index contributed by atoms with van der Waals surface area (Å²) < 4.78 is 7.69. The zero-order chi connectivity index (χ0) is 19.8. The van der Waals surface area contributed by atoms with E-state index in [-0.39, 0.29) is 11.8 Å². The number of hydrogen-bond acceptors (Lipinski definition) is 4. The molecule has 1 amide bonds. The summed E-state index contributed by atoms with van der Waals surface area (Å²) in [4.78, 5) is 15.0. The van der Waals surface area contributed by atoms with E-state index >= 15 is 0 Å². The molecule has 0 aliphatic carbocycles. The third kappa shape index (κ3) is 3.31. The van der Waals surface area contributed by atoms with E-state index in [1.165, 1.54) is 0 Å². The van der Waals surface area contributed by atoms with Crippen molar-refractivity contribution < 1.29 is 9.21 Å². The number of piperidine rings is 1. The van der Waals surface area contributed by atoms with Gasteiger partial charge in [0.25, 0.3) is 5.91 Å². The van der Waals surface area contributed by atoms with Crippen molar-refractivity contribution in [2.45, 2.75) is 25.7 Å². The lowest BCUT2D eigenvalue weighted by Crippen LogP contribution is -2.39. The summed E-state index contributed by atoms with van der Waals surface area (Å²) >= 11 is 0. The van der Waals surface area contributed by atoms with Crippen LogP contribution in [0.1, 0.15) is 40.7 Å². The molecular formula is C23H22N4O2. The lowest BCUT2D eigenvalue weighted by molar-refractivity contribution is 0.0704. The van der Waals surface area contributed by atoms with Gasteiger partial charge in [0.15, 0.2) is 5.65 Å². The highest BCUT2D eigenvalue weighted by Gasteiger charge is 2.28. The maximum absolute atomic E-state index is 13.1. The van der Waals surface area contributed by atoms with Gasteiger partial charge in [-0.05, 0) is 56.2 Å². The molecule has 1 atom stereocenters. The Kier molecular flexibility index (Phi) is 4.39. The van der Waals surface area contributed by atoms with Crippen molar-refractivity contribution >= 4 is 11.6 Å². The second-order valence-electron chi connectivity index (χ2n) is 7.57. The Balaban J connectivity index is 1.34. The van der Waals surface area contributed by atoms with E-state index in [9.17, 15) is 4.79 Å². The first-order valence-corrected chi connectivity index (χ1v) is 9.95. The van der Waals surface area contributed by atoms with Gasteiger partial charge >= 0.3 is 0 Å². The lowest BCUT2D eigenvalue weighted by Gasteiger charge is -2.32. The van der Waals surface area contributed by atoms with Crippen molar-refractivity contribution in [3.63, 3.8) is 0 Å². The molecule has 1 aliphatic heterocycles. The largest absolute Gasteiger partial charge is 0.461 e. The quantitative estimate of drug-likeness (QED) is 0.526. The van der Waals surface area contributed by atoms with Gasteiger partial charge in [0, 0.05) is 36.3 Å². The van der Waals surface area contributed by atoms with Crippen LogP contribution in [-0.4, -0.2) is 38.5 Å². The Morgan fingerprint density at radius 2 is 1.93 bits per heavy atom. The Morgan fingerprint density at radius 3 is 2.72 bits per heavy atom. The Hall–Kier alpha value is -3.41. The first kappa shape index (κ1) is 17.7. The number of benzene rings is 1. The summed E-state index contributed by atoms with van der Waals surface area (Å²) in [6, 6.07) is 17.4. The van der Waals surface area contributed by atoms with Crippen molar-refractivity contribution in [3.8, 4) is 11.3 Å². The van der Waals surface area contributed by atoms with Crippen molar-refractivity contribution in [2.24, 2.45) is 0 Å². The zero-order valence-electron chi connectivity index (χ0n) is 16.3. The summed E-state index contributed by atoms with van der Waals surface area (Å²) in [5, 5.41) is 8.66. The second-order valence-corrected chi connectivity index (χ2v) is 7.57. The normalized spacial score (nSPS) is 17.0. The summed E-state index contributed by atoms with van der Waals surface area (Å²) in [5.74, 6) is 2.88. The topological polar surface area (TPSA) is 63.6 Å². The molecule has 1 aromatic carbocycles. The molecule has 1 aliphatic rings. The first-order valence-electron chi connectivity index (χ1n) is 9.95. The van der Waals surface area contributed by atoms with Crippen molar-refractivity contribution in [2.75, 3.05) is 13.1 Å². The first-order chi connectivity index (χ1) is 14.2. The average Bonchev–Trinajstić information content (AvgIpc) is 3.40. The van der Waals surface area contributed by atoms with Gasteiger partial charge in [-0.3, -0.25) is 9.20 Å². The van der Waals surface area contributed by atoms with Crippen LogP contribution in [0.25, 0.3) is 17.0 Å². The van der Waals surface area contributed by atoms with Crippen LogP contribution in [-0.2, 0) is 0 Å². The standard InChI is InChI=1S/C23H22N4O2/c1-16-7-12-20(29-16)17-8-10-18(11-9-17)23(28)26-13-4-5-19(15-26)22-25-24-21-6-2-3-14-27(21)22/h2-3,6-12,14,19H,4-5,13,15H2,1H3. The molecule has 6 heteroatoms. The summed E-state index contributed by atoms with van der Waals surface area (Å²) in [6.07, 6.45) is 3.96. The molecule has 1 saturated heterocycles. The molecule has 4 aromatic rings. The minimum absolute atomic E-state index is 0.0608. The molecule has 1 unspecified atom stereocenters. The van der Waals surface area contributed by atoms with E-state index in [2.05, 4.69) is 10.2 Å². The molecule has 1 fully saturated rings. The smallest absolute Gasteiger partial charge is 0.253 e. The predicted octanol–water partition coefficient (Wildman–Crippen LogP) is 4.32. The van der Waals surface area contributed by atoms with Gasteiger partial charge < -0.3 is 9.32 Å². The lowest BCUT2D eigenvalue weighted by atomic mass is 9.96. The van der Waals surface area contributed by atoms with E-state index in [4.69, 9.17) is 4.42 Å². The van der Waals surface area contributed by atoms with Gasteiger partial charge in [0.1, 0.15) is 17.3 Å². The fourth-order valence-corrected chi connectivity index (χ4v) is 4.06. The number of rotatable bonds is 3. The summed E-state index contributed by atoms with van der Waals surface area (Å²) in [7, 11) is 0. The third-order valence-electron chi connectivity index (χ3n) is 5.57. The van der Waals surface area contributed by atoms with Crippen LogP contribution in [0.15, 0.2) is 65.2 Å². The number of furan rings is 1. The van der Waals surface area contributed by atoms with Crippen LogP contribution in [0, 0.1) is 6.92 Å². The fraction of sp³-hybridized carbons (Fsp3) is 0.261. The van der Waals surface area contributed by atoms with Crippen LogP contribution in [0.4, 0.5) is 0 Å². The molecule has 6 nitrogen and oxygen atoms in total. The summed E-state index contributed by atoms with van der Waals surface area (Å²) in [6.45, 7) is 3.35. The third-order valence-corrected chi connectivity index (χ3v) is 5.57. The molecule has 0 N–H and O–H groups in total. The van der Waals surface area contributed by atoms with Crippen LogP contribution in [0.3, 0.4) is 0 Å². The number of fused-ring (bicyclic) bond motifs is 1. The number of carbonyl (C=O) groups is 1. The minimum atomic E-state index is 0.0608. The SMILES string of the molecule is Cc1ccc(-c2ccc(C(=O)N3CCCC(c4nnc5ccccn45)C3)cc2)o1. The van der Waals surface area contributed by atoms with Gasteiger partial charge in [-0.25, -0.2) is 0 Å². The molecule has 3 aromatic heterocycles. The molecule has 0 bridgehead atoms. The number of amides is 1. The maximum Gasteiger partial charge on any atom is 0.253 e. The number of hydrogen-bond donors (Lipinski definition) is 0. The number of pyridine rings is 1. The van der Waals surface area contributed by atoms with Crippen LogP contribution < -0.4 is 0 Å². The van der Waals surface area contributed by atoms with E-state index < -0.39 is 0 Å². The van der Waals surface area contributed by atoms with Gasteiger partial charge in [-0.2, -0.15) is 0 Å². The number of aryl methyl sites for hydroxylation is 1. The van der Waals surface area contributed by atoms with Gasteiger partial charge in [-0.1, -0.05) is 18.2 Å². The number of aromatic nitrogens is 3. The number of likely N-dealkylation sites (tertiary alicyclic amines) is 1. The maximum atomic E-state index is 13.1. The molecular weight excluding hydrogens is 364 g/mol. The van der Waals surface area contributed by atoms with Gasteiger partial charge in [0.2, 0.25) is 0 Å². The van der Waals surface area contributed by atoms with Crippen molar-refractivity contribution in [1.29, 1.82) is 0 Å². The van der Waals surface area contributed by atoms with E-state index in [1.54, 1.807) is 0 Å². The molecule has 5 rings (SSSR count). The number of nitrogens with zero attached hydrogens (tertiary/aromatic N) is 4. The highest BCUT2D eigenvalue weighted by Crippen LogP contribution is 2.28. The Labute approximate surface area is 168 Å². The highest BCUT2D eigenvalue weighted by molar-refractivity contribution is 5.94. The van der Waals surface area contributed by atoms with Crippen molar-refractivity contribution in [3.05, 3.63) is 77.9 Å². The molecule has 0 saturated carbocycles. The summed E-state index contributed by atoms with van der Waals surface area (Å²) in [5.41, 5.74) is 2.51. The van der Waals surface area contributed by atoms with Crippen molar-refractivity contribution in [1.82, 2.24) is 19.5 Å². The Bertz CT molecular complexity index is 1160. The zero-order valence-corrected chi connectivity index (χ0v) is 16.3. The van der Waals surface area contributed by atoms with Gasteiger partial charge in [-0.15, -0.1) is 10.2 Å². The van der Waals surface area contributed by atoms with Crippen LogP contribution >= 0.6 is 0 Å². The average molecular weight is 386 g/mol. The molecule has 29 heavy (non-hydrogen) atoms. The monoisotopic (exact) mass is 386 g/mol.